The second kappa shape index (κ2) is 4.03. The molecule has 1 aromatic rings. The Morgan fingerprint density at radius 2 is 2.14 bits per heavy atom. The Labute approximate surface area is 90.1 Å². The van der Waals surface area contributed by atoms with E-state index in [-0.39, 0.29) is 3.70 Å². The molecule has 14 heavy (non-hydrogen) atoms. The van der Waals surface area contributed by atoms with E-state index in [2.05, 4.69) is 4.98 Å². The third-order valence-electron chi connectivity index (χ3n) is 1.46. The number of aromatic amines is 1. The molecule has 0 atom stereocenters. The summed E-state index contributed by atoms with van der Waals surface area (Å²) in [5.41, 5.74) is -2.68. The highest BCUT2D eigenvalue weighted by Gasteiger charge is 2.22. The molecular formula is C7H4F2INO3. The average Bonchev–Trinajstić information content (AvgIpc) is 2.01. The second-order valence-corrected chi connectivity index (χ2v) is 3.54. The van der Waals surface area contributed by atoms with Gasteiger partial charge in [-0.2, -0.15) is 0 Å². The Kier molecular flexibility index (Phi) is 3.19. The molecule has 0 aromatic carbocycles. The largest absolute Gasteiger partial charge is 0.477 e. The van der Waals surface area contributed by atoms with Gasteiger partial charge in [0.1, 0.15) is 11.3 Å². The molecule has 4 nitrogen and oxygen atoms in total. The van der Waals surface area contributed by atoms with Crippen molar-refractivity contribution in [3.63, 3.8) is 0 Å². The van der Waals surface area contributed by atoms with Crippen molar-refractivity contribution in [1.82, 2.24) is 4.98 Å². The lowest BCUT2D eigenvalue weighted by molar-refractivity contribution is 0.0680. The van der Waals surface area contributed by atoms with E-state index in [9.17, 15) is 18.4 Å². The summed E-state index contributed by atoms with van der Waals surface area (Å²) in [6.45, 7) is 0. The molecule has 0 unspecified atom stereocenters. The van der Waals surface area contributed by atoms with Crippen LogP contribution in [0.25, 0.3) is 0 Å². The highest BCUT2D eigenvalue weighted by molar-refractivity contribution is 14.1. The number of hydrogen-bond acceptors (Lipinski definition) is 2. The van der Waals surface area contributed by atoms with E-state index >= 15 is 0 Å². The molecule has 0 radical (unpaired) electrons. The van der Waals surface area contributed by atoms with Crippen molar-refractivity contribution < 1.29 is 18.7 Å². The van der Waals surface area contributed by atoms with Crippen LogP contribution in [0.3, 0.4) is 0 Å². The van der Waals surface area contributed by atoms with Crippen molar-refractivity contribution in [2.75, 3.05) is 0 Å². The maximum Gasteiger partial charge on any atom is 0.341 e. The number of H-pyrrole nitrogens is 1. The minimum atomic E-state index is -3.01. The molecule has 7 heteroatoms. The molecule has 76 valence electrons. The zero-order valence-corrected chi connectivity index (χ0v) is 8.71. The zero-order chi connectivity index (χ0) is 10.9. The van der Waals surface area contributed by atoms with Gasteiger partial charge in [0.15, 0.2) is 5.43 Å². The quantitative estimate of drug-likeness (QED) is 0.643. The molecule has 0 fully saturated rings. The summed E-state index contributed by atoms with van der Waals surface area (Å²) >= 11 is 1.62. The van der Waals surface area contributed by atoms with Crippen LogP contribution in [0.15, 0.2) is 10.9 Å². The normalized spacial score (nSPS) is 10.6. The van der Waals surface area contributed by atoms with Gasteiger partial charge in [-0.05, 0) is 22.6 Å². The molecule has 0 spiro atoms. The van der Waals surface area contributed by atoms with Gasteiger partial charge in [-0.3, -0.25) is 4.79 Å². The van der Waals surface area contributed by atoms with Gasteiger partial charge >= 0.3 is 5.97 Å². The standard InChI is InChI=1S/C7H4F2INO3/c8-6(9)5-4(7(13)14)2(12)1-3(10)11-5/h1,6H,(H,11,12)(H,13,14). The van der Waals surface area contributed by atoms with Crippen LogP contribution in [0.2, 0.25) is 0 Å². The topological polar surface area (TPSA) is 70.2 Å². The van der Waals surface area contributed by atoms with E-state index in [1.807, 2.05) is 0 Å². The molecule has 0 aliphatic carbocycles. The van der Waals surface area contributed by atoms with E-state index in [1.54, 1.807) is 22.6 Å². The Balaban J connectivity index is 3.53. The number of aromatic nitrogens is 1. The van der Waals surface area contributed by atoms with E-state index in [0.29, 0.717) is 0 Å². The summed E-state index contributed by atoms with van der Waals surface area (Å²) in [7, 11) is 0. The zero-order valence-electron chi connectivity index (χ0n) is 6.55. The number of halogens is 3. The van der Waals surface area contributed by atoms with Crippen molar-refractivity contribution in [1.29, 1.82) is 0 Å². The first-order chi connectivity index (χ1) is 6.43. The number of nitrogens with one attached hydrogen (secondary N) is 1. The predicted octanol–water partition coefficient (Wildman–Crippen LogP) is 1.62. The van der Waals surface area contributed by atoms with Crippen LogP contribution in [-0.2, 0) is 0 Å². The lowest BCUT2D eigenvalue weighted by atomic mass is 10.2. The van der Waals surface area contributed by atoms with Gasteiger partial charge in [0.25, 0.3) is 6.43 Å². The predicted molar refractivity (Wildman–Crippen MR) is 51.7 cm³/mol. The maximum atomic E-state index is 12.3. The van der Waals surface area contributed by atoms with Gasteiger partial charge in [-0.1, -0.05) is 0 Å². The molecule has 0 aliphatic heterocycles. The Morgan fingerprint density at radius 1 is 1.57 bits per heavy atom. The summed E-state index contributed by atoms with van der Waals surface area (Å²) < 4.78 is 24.8. The third kappa shape index (κ3) is 2.08. The van der Waals surface area contributed by atoms with Crippen molar-refractivity contribution >= 4 is 28.6 Å². The van der Waals surface area contributed by atoms with Crippen molar-refractivity contribution in [2.45, 2.75) is 6.43 Å². The molecule has 1 heterocycles. The summed E-state index contributed by atoms with van der Waals surface area (Å²) in [6.07, 6.45) is -3.01. The minimum absolute atomic E-state index is 0.174. The summed E-state index contributed by atoms with van der Waals surface area (Å²) in [5.74, 6) is -1.65. The Hall–Kier alpha value is -0.990. The molecule has 0 aliphatic rings. The van der Waals surface area contributed by atoms with E-state index in [1.165, 1.54) is 0 Å². The molecule has 2 N–H and O–H groups in total. The lowest BCUT2D eigenvalue weighted by Crippen LogP contribution is -2.19. The Bertz CT molecular complexity index is 429. The highest BCUT2D eigenvalue weighted by Crippen LogP contribution is 2.19. The monoisotopic (exact) mass is 315 g/mol. The first-order valence-electron chi connectivity index (χ1n) is 3.37. The summed E-state index contributed by atoms with van der Waals surface area (Å²) in [6, 6.07) is 0.954. The SMILES string of the molecule is O=C(O)c1c(C(F)F)[nH]c(I)cc1=O. The summed E-state index contributed by atoms with van der Waals surface area (Å²) in [5, 5.41) is 8.53. The number of pyridine rings is 1. The second-order valence-electron chi connectivity index (χ2n) is 2.38. The number of carboxylic acids is 1. The van der Waals surface area contributed by atoms with Gasteiger partial charge in [0.05, 0.1) is 3.70 Å². The lowest BCUT2D eigenvalue weighted by Gasteiger charge is -2.04. The smallest absolute Gasteiger partial charge is 0.341 e. The summed E-state index contributed by atoms with van der Waals surface area (Å²) in [4.78, 5) is 23.7. The van der Waals surface area contributed by atoms with E-state index in [0.717, 1.165) is 6.07 Å². The fourth-order valence-corrected chi connectivity index (χ4v) is 1.50. The number of aromatic carboxylic acids is 1. The van der Waals surface area contributed by atoms with E-state index in [4.69, 9.17) is 5.11 Å². The molecule has 0 bridgehead atoms. The van der Waals surface area contributed by atoms with Crippen molar-refractivity contribution in [2.24, 2.45) is 0 Å². The van der Waals surface area contributed by atoms with E-state index < -0.39 is 29.1 Å². The molecule has 0 saturated heterocycles. The molecule has 0 amide bonds. The average molecular weight is 315 g/mol. The van der Waals surface area contributed by atoms with Crippen molar-refractivity contribution in [3.8, 4) is 0 Å². The minimum Gasteiger partial charge on any atom is -0.477 e. The van der Waals surface area contributed by atoms with Crippen LogP contribution >= 0.6 is 22.6 Å². The number of rotatable bonds is 2. The number of carbonyl (C=O) groups is 1. The molecule has 1 rings (SSSR count). The molecule has 1 aromatic heterocycles. The number of alkyl halides is 2. The van der Waals surface area contributed by atoms with Crippen LogP contribution in [0.5, 0.6) is 0 Å². The highest BCUT2D eigenvalue weighted by atomic mass is 127. The van der Waals surface area contributed by atoms with Crippen molar-refractivity contribution in [3.05, 3.63) is 31.2 Å². The molecular weight excluding hydrogens is 311 g/mol. The number of hydrogen-bond donors (Lipinski definition) is 2. The maximum absolute atomic E-state index is 12.3. The van der Waals surface area contributed by atoms with Gasteiger partial charge in [-0.15, -0.1) is 0 Å². The van der Waals surface area contributed by atoms with Crippen LogP contribution in [0.4, 0.5) is 8.78 Å². The Morgan fingerprint density at radius 3 is 2.57 bits per heavy atom. The first kappa shape index (κ1) is 11.1. The van der Waals surface area contributed by atoms with Crippen LogP contribution in [-0.4, -0.2) is 16.1 Å². The van der Waals surface area contributed by atoms with Gasteiger partial charge < -0.3 is 10.1 Å². The van der Waals surface area contributed by atoms with Crippen LogP contribution in [0, 0.1) is 3.70 Å². The first-order valence-corrected chi connectivity index (χ1v) is 4.45. The fraction of sp³-hybridized carbons (Fsp3) is 0.143. The van der Waals surface area contributed by atoms with Crippen LogP contribution < -0.4 is 5.43 Å². The number of carboxylic acid groups (broad SMARTS) is 1. The van der Waals surface area contributed by atoms with Crippen LogP contribution in [0.1, 0.15) is 22.5 Å². The van der Waals surface area contributed by atoms with Gasteiger partial charge in [0, 0.05) is 6.07 Å². The molecule has 0 saturated carbocycles. The van der Waals surface area contributed by atoms with Gasteiger partial charge in [-0.25, -0.2) is 13.6 Å². The van der Waals surface area contributed by atoms with Gasteiger partial charge in [0.2, 0.25) is 0 Å². The fourth-order valence-electron chi connectivity index (χ4n) is 0.931. The third-order valence-corrected chi connectivity index (χ3v) is 2.04.